The first-order valence-electron chi connectivity index (χ1n) is 9.05. The van der Waals surface area contributed by atoms with Gasteiger partial charge in [-0.25, -0.2) is 8.42 Å². The van der Waals surface area contributed by atoms with Crippen LogP contribution in [0.25, 0.3) is 0 Å². The van der Waals surface area contributed by atoms with E-state index in [1.165, 1.54) is 4.31 Å². The van der Waals surface area contributed by atoms with Crippen molar-refractivity contribution >= 4 is 33.2 Å². The third-order valence-electron chi connectivity index (χ3n) is 4.47. The lowest BCUT2D eigenvalue weighted by atomic mass is 10.2. The monoisotopic (exact) mass is 412 g/mol. The van der Waals surface area contributed by atoms with Gasteiger partial charge in [-0.05, 0) is 24.6 Å². The summed E-state index contributed by atoms with van der Waals surface area (Å²) in [6, 6.07) is 6.70. The van der Waals surface area contributed by atoms with Crippen molar-refractivity contribution in [3.63, 3.8) is 0 Å². The van der Waals surface area contributed by atoms with Crippen molar-refractivity contribution in [2.24, 2.45) is 0 Å². The van der Waals surface area contributed by atoms with Crippen molar-refractivity contribution in [2.75, 3.05) is 43.8 Å². The maximum Gasteiger partial charge on any atom is 0.238 e. The number of carbonyl (C=O) groups excluding carboxylic acids is 1. The van der Waals surface area contributed by atoms with Crippen molar-refractivity contribution in [3.05, 3.63) is 28.8 Å². The van der Waals surface area contributed by atoms with E-state index in [-0.39, 0.29) is 18.2 Å². The van der Waals surface area contributed by atoms with Gasteiger partial charge in [0.25, 0.3) is 0 Å². The zero-order valence-corrected chi connectivity index (χ0v) is 17.0. The molecule has 0 bridgehead atoms. The summed E-state index contributed by atoms with van der Waals surface area (Å²) in [6.45, 7) is 3.97. The van der Waals surface area contributed by atoms with Gasteiger partial charge in [-0.3, -0.25) is 9.69 Å². The van der Waals surface area contributed by atoms with Crippen molar-refractivity contribution < 1.29 is 13.2 Å². The third-order valence-corrected chi connectivity index (χ3v) is 6.67. The van der Waals surface area contributed by atoms with E-state index in [4.69, 9.17) is 16.9 Å². The normalized spacial score (nSPS) is 16.0. The topological polar surface area (TPSA) is 93.5 Å². The fourth-order valence-electron chi connectivity index (χ4n) is 2.94. The largest absolute Gasteiger partial charge is 0.324 e. The van der Waals surface area contributed by atoms with Crippen LogP contribution in [0.4, 0.5) is 5.69 Å². The number of benzene rings is 1. The highest BCUT2D eigenvalue weighted by Gasteiger charge is 2.27. The summed E-state index contributed by atoms with van der Waals surface area (Å²) in [4.78, 5) is 14.2. The Hall–Kier alpha value is -1.66. The van der Waals surface area contributed by atoms with Gasteiger partial charge < -0.3 is 5.32 Å². The maximum absolute atomic E-state index is 12.3. The minimum absolute atomic E-state index is 0.140. The molecule has 0 aromatic heterocycles. The molecule has 27 heavy (non-hydrogen) atoms. The lowest BCUT2D eigenvalue weighted by Gasteiger charge is -2.33. The Balaban J connectivity index is 1.84. The molecule has 0 aliphatic carbocycles. The van der Waals surface area contributed by atoms with Crippen LogP contribution in [0.1, 0.15) is 31.7 Å². The highest BCUT2D eigenvalue weighted by atomic mass is 35.5. The number of halogens is 1. The van der Waals surface area contributed by atoms with Crippen molar-refractivity contribution in [3.8, 4) is 6.07 Å². The first kappa shape index (κ1) is 21.6. The lowest BCUT2D eigenvalue weighted by molar-refractivity contribution is -0.117. The average Bonchev–Trinajstić information content (AvgIpc) is 2.62. The minimum atomic E-state index is -3.21. The molecule has 0 unspecified atom stereocenters. The molecule has 148 valence electrons. The molecule has 2 rings (SSSR count). The summed E-state index contributed by atoms with van der Waals surface area (Å²) in [5.41, 5.74) is 0.725. The number of sulfonamides is 1. The standard InChI is InChI=1S/C18H25ClN4O3S/c1-2-3-4-11-27(25,26)23-9-7-22(8-10-23)14-18(24)21-17-12-16(19)6-5-15(17)13-20/h5-6,12H,2-4,7-11,14H2,1H3,(H,21,24). The summed E-state index contributed by atoms with van der Waals surface area (Å²) in [5.74, 6) is -0.0689. The minimum Gasteiger partial charge on any atom is -0.324 e. The number of unbranched alkanes of at least 4 members (excludes halogenated alkanes) is 2. The summed E-state index contributed by atoms with van der Waals surface area (Å²) in [6.07, 6.45) is 2.58. The number of nitrogens with one attached hydrogen (secondary N) is 1. The van der Waals surface area contributed by atoms with E-state index in [0.717, 1.165) is 12.8 Å². The Labute approximate surface area is 165 Å². The molecule has 1 aliphatic heterocycles. The molecule has 1 saturated heterocycles. The molecule has 1 aromatic carbocycles. The quantitative estimate of drug-likeness (QED) is 0.661. The Bertz CT molecular complexity index is 799. The molecule has 1 amide bonds. The van der Waals surface area contributed by atoms with Crippen molar-refractivity contribution in [1.29, 1.82) is 5.26 Å². The van der Waals surface area contributed by atoms with Gasteiger partial charge in [-0.1, -0.05) is 31.4 Å². The first-order chi connectivity index (χ1) is 12.9. The number of rotatable bonds is 8. The molecular formula is C18H25ClN4O3S. The number of hydrogen-bond acceptors (Lipinski definition) is 5. The summed E-state index contributed by atoms with van der Waals surface area (Å²) >= 11 is 5.92. The predicted octanol–water partition coefficient (Wildman–Crippen LogP) is 2.29. The molecule has 1 aliphatic rings. The number of amides is 1. The second-order valence-corrected chi connectivity index (χ2v) is 9.07. The molecule has 0 atom stereocenters. The highest BCUT2D eigenvalue weighted by molar-refractivity contribution is 7.89. The van der Waals surface area contributed by atoms with Gasteiger partial charge >= 0.3 is 0 Å². The molecule has 1 N–H and O–H groups in total. The molecule has 1 fully saturated rings. The van der Waals surface area contributed by atoms with Crippen LogP contribution in [0, 0.1) is 11.3 Å². The summed E-state index contributed by atoms with van der Waals surface area (Å²) in [5, 5.41) is 12.3. The van der Waals surface area contributed by atoms with Crippen molar-refractivity contribution in [2.45, 2.75) is 26.2 Å². The smallest absolute Gasteiger partial charge is 0.238 e. The van der Waals surface area contributed by atoms with E-state index >= 15 is 0 Å². The van der Waals surface area contributed by atoms with E-state index in [2.05, 4.69) is 5.32 Å². The maximum atomic E-state index is 12.3. The van der Waals surface area contributed by atoms with Crippen LogP contribution in [0.2, 0.25) is 5.02 Å². The fourth-order valence-corrected chi connectivity index (χ4v) is 4.66. The van der Waals surface area contributed by atoms with Crippen LogP contribution in [-0.4, -0.2) is 62.0 Å². The van der Waals surface area contributed by atoms with Crippen LogP contribution in [-0.2, 0) is 14.8 Å². The number of nitriles is 1. The Morgan fingerprint density at radius 2 is 1.96 bits per heavy atom. The first-order valence-corrected chi connectivity index (χ1v) is 11.0. The molecule has 0 saturated carbocycles. The van der Waals surface area contributed by atoms with Gasteiger partial charge in [0.15, 0.2) is 0 Å². The predicted molar refractivity (Wildman–Crippen MR) is 106 cm³/mol. The third kappa shape index (κ3) is 6.47. The molecule has 0 radical (unpaired) electrons. The average molecular weight is 413 g/mol. The van der Waals surface area contributed by atoms with Crippen LogP contribution < -0.4 is 5.32 Å². The number of nitrogens with zero attached hydrogens (tertiary/aromatic N) is 3. The van der Waals surface area contributed by atoms with Gasteiger partial charge in [-0.15, -0.1) is 0 Å². The summed E-state index contributed by atoms with van der Waals surface area (Å²) < 4.78 is 26.2. The van der Waals surface area contributed by atoms with Gasteiger partial charge in [-0.2, -0.15) is 9.57 Å². The molecule has 9 heteroatoms. The van der Waals surface area contributed by atoms with E-state index < -0.39 is 10.0 Å². The van der Waals surface area contributed by atoms with E-state index in [1.807, 2.05) is 17.9 Å². The van der Waals surface area contributed by atoms with Crippen LogP contribution in [0.15, 0.2) is 18.2 Å². The van der Waals surface area contributed by atoms with E-state index in [9.17, 15) is 13.2 Å². The van der Waals surface area contributed by atoms with Crippen molar-refractivity contribution in [1.82, 2.24) is 9.21 Å². The molecular weight excluding hydrogens is 388 g/mol. The Kier molecular flexibility index (Phi) is 8.05. The zero-order chi connectivity index (χ0) is 19.9. The molecule has 7 nitrogen and oxygen atoms in total. The zero-order valence-electron chi connectivity index (χ0n) is 15.4. The van der Waals surface area contributed by atoms with Gasteiger partial charge in [0.1, 0.15) is 6.07 Å². The van der Waals surface area contributed by atoms with E-state index in [0.29, 0.717) is 48.9 Å². The second-order valence-electron chi connectivity index (χ2n) is 6.55. The fraction of sp³-hybridized carbons (Fsp3) is 0.556. The van der Waals surface area contributed by atoms with E-state index in [1.54, 1.807) is 18.2 Å². The van der Waals surface area contributed by atoms with Gasteiger partial charge in [0.05, 0.1) is 23.5 Å². The summed E-state index contributed by atoms with van der Waals surface area (Å²) in [7, 11) is -3.21. The van der Waals surface area contributed by atoms with Crippen LogP contribution in [0.5, 0.6) is 0 Å². The molecule has 1 aromatic rings. The van der Waals surface area contributed by atoms with Crippen LogP contribution >= 0.6 is 11.6 Å². The number of anilines is 1. The highest BCUT2D eigenvalue weighted by Crippen LogP contribution is 2.20. The SMILES string of the molecule is CCCCCS(=O)(=O)N1CCN(CC(=O)Nc2cc(Cl)ccc2C#N)CC1. The number of carbonyl (C=O) groups is 1. The number of hydrogen-bond donors (Lipinski definition) is 1. The Morgan fingerprint density at radius 3 is 2.59 bits per heavy atom. The lowest BCUT2D eigenvalue weighted by Crippen LogP contribution is -2.50. The molecule has 0 spiro atoms. The Morgan fingerprint density at radius 1 is 1.26 bits per heavy atom. The van der Waals surface area contributed by atoms with Gasteiger partial charge in [0.2, 0.25) is 15.9 Å². The molecule has 1 heterocycles. The van der Waals surface area contributed by atoms with Gasteiger partial charge in [0, 0.05) is 31.2 Å². The number of piperazine rings is 1. The van der Waals surface area contributed by atoms with Crippen LogP contribution in [0.3, 0.4) is 0 Å². The second kappa shape index (κ2) is 10.0.